The molecule has 1 saturated heterocycles. The Morgan fingerprint density at radius 2 is 1.67 bits per heavy atom. The second-order valence-corrected chi connectivity index (χ2v) is 10.1. The molecule has 0 aromatic heterocycles. The largest absolute Gasteiger partial charge is 0.393 e. The van der Waals surface area contributed by atoms with Crippen LogP contribution >= 0.6 is 0 Å². The van der Waals surface area contributed by atoms with Gasteiger partial charge in [0, 0.05) is 5.41 Å². The Labute approximate surface area is 146 Å². The van der Waals surface area contributed by atoms with Crippen LogP contribution in [0, 0.1) is 40.4 Å². The molecule has 2 N–H and O–H groups in total. The van der Waals surface area contributed by atoms with Gasteiger partial charge in [0.1, 0.15) is 0 Å². The van der Waals surface area contributed by atoms with Gasteiger partial charge in [0.25, 0.3) is 0 Å². The summed E-state index contributed by atoms with van der Waals surface area (Å²) >= 11 is 0. The van der Waals surface area contributed by atoms with E-state index in [1.807, 2.05) is 0 Å². The van der Waals surface area contributed by atoms with Crippen LogP contribution in [0.2, 0.25) is 0 Å². The van der Waals surface area contributed by atoms with Gasteiger partial charge >= 0.3 is 0 Å². The van der Waals surface area contributed by atoms with E-state index in [1.165, 1.54) is 44.9 Å². The molecule has 0 aromatic rings. The predicted octanol–water partition coefficient (Wildman–Crippen LogP) is 3.72. The van der Waals surface area contributed by atoms with Crippen molar-refractivity contribution < 1.29 is 14.9 Å². The fourth-order valence-electron chi connectivity index (χ4n) is 8.59. The lowest BCUT2D eigenvalue weighted by Crippen LogP contribution is -2.56. The summed E-state index contributed by atoms with van der Waals surface area (Å²) in [7, 11) is 0. The van der Waals surface area contributed by atoms with Gasteiger partial charge in [0.05, 0.1) is 12.2 Å². The Morgan fingerprint density at radius 1 is 0.875 bits per heavy atom. The Kier molecular flexibility index (Phi) is 3.49. The highest BCUT2D eigenvalue weighted by molar-refractivity contribution is 5.13. The van der Waals surface area contributed by atoms with Crippen LogP contribution in [0.5, 0.6) is 0 Å². The molecule has 1 spiro atoms. The predicted molar refractivity (Wildman–Crippen MR) is 92.1 cm³/mol. The summed E-state index contributed by atoms with van der Waals surface area (Å²) in [6.07, 6.45) is 10.5. The van der Waals surface area contributed by atoms with Gasteiger partial charge in [-0.2, -0.15) is 0 Å². The van der Waals surface area contributed by atoms with Gasteiger partial charge in [-0.3, -0.25) is 0 Å². The van der Waals surface area contributed by atoms with Crippen molar-refractivity contribution >= 4 is 0 Å². The first-order valence-electron chi connectivity index (χ1n) is 10.5. The highest BCUT2D eigenvalue weighted by Crippen LogP contribution is 2.70. The van der Waals surface area contributed by atoms with Crippen molar-refractivity contribution in [1.29, 1.82) is 0 Å². The number of rotatable bonds is 0. The maximum absolute atomic E-state index is 10.8. The number of hydrogen-bond donors (Lipinski definition) is 2. The van der Waals surface area contributed by atoms with Crippen molar-refractivity contribution in [2.45, 2.75) is 90.1 Å². The molecule has 136 valence electrons. The molecule has 1 aliphatic heterocycles. The van der Waals surface area contributed by atoms with Gasteiger partial charge in [-0.05, 0) is 99.7 Å². The van der Waals surface area contributed by atoms with Crippen LogP contribution in [0.4, 0.5) is 0 Å². The normalized spacial score (nSPS) is 62.5. The number of aliphatic hydroxyl groups excluding tert-OH is 2. The zero-order valence-electron chi connectivity index (χ0n) is 15.3. The summed E-state index contributed by atoms with van der Waals surface area (Å²) in [6.45, 7) is 4.72. The molecule has 0 radical (unpaired) electrons. The lowest BCUT2D eigenvalue weighted by molar-refractivity contribution is -0.192. The lowest BCUT2D eigenvalue weighted by atomic mass is 9.44. The smallest absolute Gasteiger partial charge is 0.161 e. The maximum Gasteiger partial charge on any atom is 0.161 e. The third-order valence-corrected chi connectivity index (χ3v) is 9.66. The highest BCUT2D eigenvalue weighted by Gasteiger charge is 2.67. The standard InChI is InChI=1S/C21H34O3/c1-12-16-5-6-18-15-4-3-13-11-14(22)7-9-20(13,2)17(15)8-10-21(16,18)19(23)24-12/h12-19,22-23H,3-11H2,1-2H3/t12-,13+,14-,15-,16-,17+,18+,19?,20+,21?/m1/s1. The molecule has 0 aromatic carbocycles. The molecule has 5 aliphatic rings. The Hall–Kier alpha value is -0.120. The second kappa shape index (κ2) is 5.20. The minimum atomic E-state index is -0.523. The van der Waals surface area contributed by atoms with Gasteiger partial charge in [-0.25, -0.2) is 0 Å². The molecule has 2 unspecified atom stereocenters. The number of fused-ring (bicyclic) bond motifs is 4. The van der Waals surface area contributed by atoms with E-state index < -0.39 is 6.29 Å². The molecular formula is C21H34O3. The van der Waals surface area contributed by atoms with Crippen molar-refractivity contribution in [3.63, 3.8) is 0 Å². The molecule has 24 heavy (non-hydrogen) atoms. The van der Waals surface area contributed by atoms with E-state index in [2.05, 4.69) is 13.8 Å². The van der Waals surface area contributed by atoms with E-state index in [0.29, 0.717) is 17.3 Å². The van der Waals surface area contributed by atoms with Crippen LogP contribution < -0.4 is 0 Å². The van der Waals surface area contributed by atoms with E-state index in [1.54, 1.807) is 0 Å². The summed E-state index contributed by atoms with van der Waals surface area (Å²) in [5.41, 5.74) is 0.496. The average Bonchev–Trinajstić information content (AvgIpc) is 3.05. The van der Waals surface area contributed by atoms with E-state index in [-0.39, 0.29) is 17.6 Å². The molecule has 5 rings (SSSR count). The van der Waals surface area contributed by atoms with E-state index in [4.69, 9.17) is 4.74 Å². The zero-order chi connectivity index (χ0) is 16.7. The van der Waals surface area contributed by atoms with E-state index in [9.17, 15) is 10.2 Å². The van der Waals surface area contributed by atoms with Crippen LogP contribution in [-0.4, -0.2) is 28.7 Å². The monoisotopic (exact) mass is 334 g/mol. The summed E-state index contributed by atoms with van der Waals surface area (Å²) < 4.78 is 5.94. The van der Waals surface area contributed by atoms with Crippen LogP contribution in [-0.2, 0) is 4.74 Å². The molecule has 1 heterocycles. The second-order valence-electron chi connectivity index (χ2n) is 10.1. The number of ether oxygens (including phenoxy) is 1. The first-order chi connectivity index (χ1) is 11.5. The number of aliphatic hydroxyl groups is 2. The minimum Gasteiger partial charge on any atom is -0.393 e. The van der Waals surface area contributed by atoms with E-state index in [0.717, 1.165) is 30.6 Å². The lowest BCUT2D eigenvalue weighted by Gasteiger charge is -2.61. The molecule has 3 heteroatoms. The summed E-state index contributed by atoms with van der Waals surface area (Å²) in [5, 5.41) is 21.0. The SMILES string of the molecule is C[C@H]1OC(O)C23CC[C@H]4[C@@H](CC[C@H]5C[C@H](O)CC[C@@]54C)[C@@H]2CC[C@H]13. The molecule has 10 atom stereocenters. The highest BCUT2D eigenvalue weighted by atomic mass is 16.6. The first-order valence-corrected chi connectivity index (χ1v) is 10.5. The molecule has 0 amide bonds. The minimum absolute atomic E-state index is 0.0590. The van der Waals surface area contributed by atoms with Gasteiger partial charge < -0.3 is 14.9 Å². The van der Waals surface area contributed by atoms with Crippen LogP contribution in [0.25, 0.3) is 0 Å². The molecule has 4 saturated carbocycles. The molecule has 3 nitrogen and oxygen atoms in total. The van der Waals surface area contributed by atoms with Crippen molar-refractivity contribution in [3.8, 4) is 0 Å². The molecule has 0 bridgehead atoms. The van der Waals surface area contributed by atoms with Gasteiger partial charge in [-0.15, -0.1) is 0 Å². The van der Waals surface area contributed by atoms with Crippen molar-refractivity contribution in [1.82, 2.24) is 0 Å². The Balaban J connectivity index is 1.47. The molecular weight excluding hydrogens is 300 g/mol. The zero-order valence-corrected chi connectivity index (χ0v) is 15.3. The first kappa shape index (κ1) is 16.1. The van der Waals surface area contributed by atoms with Gasteiger partial charge in [-0.1, -0.05) is 6.92 Å². The Bertz CT molecular complexity index is 521. The third-order valence-electron chi connectivity index (χ3n) is 9.66. The fraction of sp³-hybridized carbons (Fsp3) is 1.00. The van der Waals surface area contributed by atoms with Crippen LogP contribution in [0.1, 0.15) is 71.6 Å². The summed E-state index contributed by atoms with van der Waals surface area (Å²) in [6, 6.07) is 0. The van der Waals surface area contributed by atoms with Gasteiger partial charge in [0.2, 0.25) is 0 Å². The number of hydrogen-bond acceptors (Lipinski definition) is 3. The average molecular weight is 335 g/mol. The van der Waals surface area contributed by atoms with Gasteiger partial charge in [0.15, 0.2) is 6.29 Å². The van der Waals surface area contributed by atoms with Crippen molar-refractivity contribution in [2.24, 2.45) is 40.4 Å². The maximum atomic E-state index is 10.8. The molecule has 4 aliphatic carbocycles. The quantitative estimate of drug-likeness (QED) is 0.710. The van der Waals surface area contributed by atoms with E-state index >= 15 is 0 Å². The Morgan fingerprint density at radius 3 is 2.50 bits per heavy atom. The van der Waals surface area contributed by atoms with Crippen LogP contribution in [0.15, 0.2) is 0 Å². The topological polar surface area (TPSA) is 49.7 Å². The fourth-order valence-corrected chi connectivity index (χ4v) is 8.59. The summed E-state index contributed by atoms with van der Waals surface area (Å²) in [4.78, 5) is 0. The van der Waals surface area contributed by atoms with Crippen molar-refractivity contribution in [3.05, 3.63) is 0 Å². The summed E-state index contributed by atoms with van der Waals surface area (Å²) in [5.74, 6) is 3.56. The molecule has 5 fully saturated rings. The van der Waals surface area contributed by atoms with Crippen molar-refractivity contribution in [2.75, 3.05) is 0 Å². The van der Waals surface area contributed by atoms with Crippen LogP contribution in [0.3, 0.4) is 0 Å². The third kappa shape index (κ3) is 1.85.